The molecule has 0 amide bonds. The summed E-state index contributed by atoms with van der Waals surface area (Å²) in [7, 11) is 1.79. The van der Waals surface area contributed by atoms with E-state index in [9.17, 15) is 14.9 Å². The second kappa shape index (κ2) is 5.56. The highest BCUT2D eigenvalue weighted by atomic mass is 16.6. The Morgan fingerprint density at radius 3 is 2.75 bits per heavy atom. The maximum atomic E-state index is 11.6. The number of carbonyl (C=O) groups is 1. The lowest BCUT2D eigenvalue weighted by Gasteiger charge is -2.01. The Kier molecular flexibility index (Phi) is 3.84. The molecule has 20 heavy (non-hydrogen) atoms. The van der Waals surface area contributed by atoms with Crippen molar-refractivity contribution in [3.05, 3.63) is 51.8 Å². The number of esters is 1. The van der Waals surface area contributed by atoms with Crippen LogP contribution in [0.3, 0.4) is 0 Å². The lowest BCUT2D eigenvalue weighted by molar-refractivity contribution is -0.419. The molecule has 0 aliphatic heterocycles. The third-order valence-electron chi connectivity index (χ3n) is 2.95. The molecule has 0 saturated carbocycles. The Morgan fingerprint density at radius 1 is 1.45 bits per heavy atom. The number of carbonyl (C=O) groups excluding carboxylic acids is 1. The van der Waals surface area contributed by atoms with E-state index in [0.29, 0.717) is 5.69 Å². The van der Waals surface area contributed by atoms with Crippen LogP contribution in [-0.4, -0.2) is 22.1 Å². The van der Waals surface area contributed by atoms with Crippen LogP contribution in [0.2, 0.25) is 0 Å². The first-order valence-electron chi connectivity index (χ1n) is 6.12. The third kappa shape index (κ3) is 2.54. The number of aromatic nitrogens is 1. The minimum Gasteiger partial charge on any atom is -0.458 e. The second-order valence-electron chi connectivity index (χ2n) is 4.19. The van der Waals surface area contributed by atoms with Crippen LogP contribution < -0.4 is 0 Å². The van der Waals surface area contributed by atoms with Crippen LogP contribution in [0.1, 0.15) is 12.6 Å². The van der Waals surface area contributed by atoms with Gasteiger partial charge in [-0.05, 0) is 19.1 Å². The highest BCUT2D eigenvalue weighted by molar-refractivity contribution is 5.92. The molecule has 6 heteroatoms. The zero-order valence-electron chi connectivity index (χ0n) is 11.2. The molecule has 0 atom stereocenters. The number of rotatable bonds is 4. The van der Waals surface area contributed by atoms with Crippen molar-refractivity contribution < 1.29 is 14.5 Å². The average molecular weight is 274 g/mol. The lowest BCUT2D eigenvalue weighted by Crippen LogP contribution is -2.14. The highest BCUT2D eigenvalue weighted by Crippen LogP contribution is 2.20. The Bertz CT molecular complexity index is 700. The molecule has 0 N–H and O–H groups in total. The molecule has 2 rings (SSSR count). The second-order valence-corrected chi connectivity index (χ2v) is 4.19. The van der Waals surface area contributed by atoms with Gasteiger partial charge in [0.2, 0.25) is 0 Å². The van der Waals surface area contributed by atoms with E-state index in [1.165, 1.54) is 6.08 Å². The fourth-order valence-corrected chi connectivity index (χ4v) is 1.98. The van der Waals surface area contributed by atoms with Crippen molar-refractivity contribution in [2.75, 3.05) is 6.61 Å². The van der Waals surface area contributed by atoms with E-state index >= 15 is 0 Å². The zero-order valence-corrected chi connectivity index (χ0v) is 11.2. The Hall–Kier alpha value is -2.63. The molecule has 0 radical (unpaired) electrons. The molecule has 0 aliphatic carbocycles. The first kappa shape index (κ1) is 13.8. The van der Waals surface area contributed by atoms with Gasteiger partial charge in [-0.25, -0.2) is 4.79 Å². The van der Waals surface area contributed by atoms with Crippen LogP contribution >= 0.6 is 0 Å². The molecule has 2 aromatic rings. The van der Waals surface area contributed by atoms with Gasteiger partial charge in [-0.1, -0.05) is 18.2 Å². The van der Waals surface area contributed by atoms with Crippen molar-refractivity contribution in [3.63, 3.8) is 0 Å². The zero-order chi connectivity index (χ0) is 14.7. The molecular weight excluding hydrogens is 260 g/mol. The third-order valence-corrected chi connectivity index (χ3v) is 2.95. The minimum atomic E-state index is -0.928. The predicted molar refractivity (Wildman–Crippen MR) is 74.5 cm³/mol. The number of benzene rings is 1. The van der Waals surface area contributed by atoms with Crippen LogP contribution in [0.4, 0.5) is 0 Å². The number of aryl methyl sites for hydroxylation is 1. The number of hydrogen-bond acceptors (Lipinski definition) is 4. The quantitative estimate of drug-likeness (QED) is 0.371. The van der Waals surface area contributed by atoms with E-state index in [1.807, 2.05) is 24.3 Å². The first-order chi connectivity index (χ1) is 9.54. The summed E-state index contributed by atoms with van der Waals surface area (Å²) in [6.45, 7) is 1.70. The number of ether oxygens (including phenoxy) is 1. The van der Waals surface area contributed by atoms with Gasteiger partial charge >= 0.3 is 11.7 Å². The fourth-order valence-electron chi connectivity index (χ4n) is 1.98. The van der Waals surface area contributed by atoms with Gasteiger partial charge < -0.3 is 9.30 Å². The molecule has 0 aliphatic rings. The summed E-state index contributed by atoms with van der Waals surface area (Å²) in [5, 5.41) is 11.9. The van der Waals surface area contributed by atoms with Gasteiger partial charge in [-0.2, -0.15) is 0 Å². The smallest absolute Gasteiger partial charge is 0.409 e. The topological polar surface area (TPSA) is 74.4 Å². The number of hydrogen-bond donors (Lipinski definition) is 0. The average Bonchev–Trinajstić information content (AvgIpc) is 2.73. The number of para-hydroxylation sites is 1. The SMILES string of the molecule is CCOC(=O)C(=Cc1cc2ccccc2n1C)[N+](=O)[O-]. The molecular formula is C14H14N2O4. The summed E-state index contributed by atoms with van der Waals surface area (Å²) >= 11 is 0. The number of fused-ring (bicyclic) bond motifs is 1. The molecule has 1 heterocycles. The monoisotopic (exact) mass is 274 g/mol. The fraction of sp³-hybridized carbons (Fsp3) is 0.214. The van der Waals surface area contributed by atoms with E-state index in [2.05, 4.69) is 0 Å². The summed E-state index contributed by atoms with van der Waals surface area (Å²) < 4.78 is 6.48. The van der Waals surface area contributed by atoms with Crippen molar-refractivity contribution in [2.45, 2.75) is 6.92 Å². The van der Waals surface area contributed by atoms with Crippen molar-refractivity contribution in [2.24, 2.45) is 7.05 Å². The van der Waals surface area contributed by atoms with Crippen LogP contribution in [0, 0.1) is 10.1 Å². The van der Waals surface area contributed by atoms with Gasteiger partial charge in [0.05, 0.1) is 11.5 Å². The first-order valence-corrected chi connectivity index (χ1v) is 6.12. The molecule has 1 aromatic carbocycles. The van der Waals surface area contributed by atoms with Crippen LogP contribution in [0.25, 0.3) is 17.0 Å². The van der Waals surface area contributed by atoms with Gasteiger partial charge in [0.15, 0.2) is 0 Å². The molecule has 6 nitrogen and oxygen atoms in total. The Labute approximate surface area is 115 Å². The summed E-state index contributed by atoms with van der Waals surface area (Å²) in [5.41, 5.74) is 0.939. The van der Waals surface area contributed by atoms with Crippen LogP contribution in [-0.2, 0) is 16.6 Å². The molecule has 104 valence electrons. The van der Waals surface area contributed by atoms with Gasteiger partial charge in [0.25, 0.3) is 0 Å². The van der Waals surface area contributed by atoms with Gasteiger partial charge in [-0.3, -0.25) is 10.1 Å². The standard InChI is InChI=1S/C14H14N2O4/c1-3-20-14(17)13(16(18)19)9-11-8-10-6-4-5-7-12(10)15(11)2/h4-9H,3H2,1-2H3. The van der Waals surface area contributed by atoms with Crippen molar-refractivity contribution in [1.29, 1.82) is 0 Å². The normalized spacial score (nSPS) is 11.6. The Balaban J connectivity index is 2.51. The van der Waals surface area contributed by atoms with E-state index in [0.717, 1.165) is 10.9 Å². The predicted octanol–water partition coefficient (Wildman–Crippen LogP) is 2.36. The van der Waals surface area contributed by atoms with Crippen LogP contribution in [0.15, 0.2) is 36.0 Å². The molecule has 0 saturated heterocycles. The van der Waals surface area contributed by atoms with E-state index in [4.69, 9.17) is 4.74 Å². The van der Waals surface area contributed by atoms with Crippen molar-refractivity contribution in [1.82, 2.24) is 4.57 Å². The molecule has 0 fully saturated rings. The van der Waals surface area contributed by atoms with Gasteiger partial charge in [0.1, 0.15) is 0 Å². The van der Waals surface area contributed by atoms with E-state index < -0.39 is 16.6 Å². The molecule has 0 spiro atoms. The molecule has 0 unspecified atom stereocenters. The van der Waals surface area contributed by atoms with Crippen molar-refractivity contribution in [3.8, 4) is 0 Å². The highest BCUT2D eigenvalue weighted by Gasteiger charge is 2.24. The number of nitrogens with zero attached hydrogens (tertiary/aromatic N) is 2. The summed E-state index contributed by atoms with van der Waals surface area (Å²) in [4.78, 5) is 21.8. The molecule has 0 bridgehead atoms. The largest absolute Gasteiger partial charge is 0.458 e. The van der Waals surface area contributed by atoms with Gasteiger partial charge in [0, 0.05) is 29.7 Å². The van der Waals surface area contributed by atoms with Gasteiger partial charge in [-0.15, -0.1) is 0 Å². The van der Waals surface area contributed by atoms with E-state index in [1.54, 1.807) is 24.6 Å². The van der Waals surface area contributed by atoms with Crippen LogP contribution in [0.5, 0.6) is 0 Å². The Morgan fingerprint density at radius 2 is 2.15 bits per heavy atom. The summed E-state index contributed by atoms with van der Waals surface area (Å²) in [6.07, 6.45) is 1.23. The maximum Gasteiger partial charge on any atom is 0.409 e. The van der Waals surface area contributed by atoms with E-state index in [-0.39, 0.29) is 6.61 Å². The van der Waals surface area contributed by atoms with Crippen molar-refractivity contribution >= 4 is 22.9 Å². The summed E-state index contributed by atoms with van der Waals surface area (Å²) in [5.74, 6) is -0.928. The molecule has 1 aromatic heterocycles. The number of nitro groups is 1. The minimum absolute atomic E-state index is 0.0964. The summed E-state index contributed by atoms with van der Waals surface area (Å²) in [6, 6.07) is 9.37. The maximum absolute atomic E-state index is 11.6. The lowest BCUT2D eigenvalue weighted by atomic mass is 10.2.